The lowest BCUT2D eigenvalue weighted by Crippen LogP contribution is -2.35. The molecule has 0 saturated heterocycles. The lowest BCUT2D eigenvalue weighted by atomic mass is 9.79. The van der Waals surface area contributed by atoms with Crippen LogP contribution in [0.25, 0.3) is 0 Å². The topological polar surface area (TPSA) is 52.6 Å². The molecule has 0 N–H and O–H groups in total. The molecule has 0 aromatic heterocycles. The summed E-state index contributed by atoms with van der Waals surface area (Å²) in [5, 5.41) is 0. The summed E-state index contributed by atoms with van der Waals surface area (Å²) >= 11 is 0. The number of carbonyl (C=O) groups is 2. The summed E-state index contributed by atoms with van der Waals surface area (Å²) in [5.74, 6) is -0.952. The van der Waals surface area contributed by atoms with E-state index in [0.29, 0.717) is 13.2 Å². The number of ether oxygens (including phenoxy) is 2. The summed E-state index contributed by atoms with van der Waals surface area (Å²) in [6, 6.07) is 0. The molecule has 42 heavy (non-hydrogen) atoms. The molecule has 0 spiro atoms. The van der Waals surface area contributed by atoms with Gasteiger partial charge in [0.25, 0.3) is 0 Å². The predicted octanol–water partition coefficient (Wildman–Crippen LogP) is 12.1. The van der Waals surface area contributed by atoms with Crippen LogP contribution in [0.4, 0.5) is 0 Å². The maximum atomic E-state index is 12.8. The summed E-state index contributed by atoms with van der Waals surface area (Å²) in [5.41, 5.74) is 0. The van der Waals surface area contributed by atoms with Gasteiger partial charge in [0.05, 0.1) is 25.0 Å². The van der Waals surface area contributed by atoms with E-state index in [1.165, 1.54) is 141 Å². The van der Waals surface area contributed by atoms with Crippen LogP contribution in [0.3, 0.4) is 0 Å². The minimum absolute atomic E-state index is 0.170. The fourth-order valence-corrected chi connectivity index (χ4v) is 6.49. The van der Waals surface area contributed by atoms with E-state index in [1.54, 1.807) is 0 Å². The quantitative estimate of drug-likeness (QED) is 0.0615. The summed E-state index contributed by atoms with van der Waals surface area (Å²) in [7, 11) is 0. The molecular formula is C38H72O4. The Bertz CT molecular complexity index is 604. The zero-order valence-electron chi connectivity index (χ0n) is 28.4. The molecule has 1 aliphatic rings. The SMILES string of the molecule is CCCCCCCCCCCCCCCCCCOC(=O)C1CCCCC1C(=O)OCCCCCCCCCCCC. The first-order valence-corrected chi connectivity index (χ1v) is 19.0. The minimum atomic E-state index is -0.306. The Labute approximate surface area is 262 Å². The van der Waals surface area contributed by atoms with Crippen molar-refractivity contribution >= 4 is 11.9 Å². The van der Waals surface area contributed by atoms with Crippen LogP contribution >= 0.6 is 0 Å². The van der Waals surface area contributed by atoms with Crippen LogP contribution in [0, 0.1) is 11.8 Å². The monoisotopic (exact) mass is 593 g/mol. The van der Waals surface area contributed by atoms with Crippen molar-refractivity contribution in [2.24, 2.45) is 11.8 Å². The van der Waals surface area contributed by atoms with E-state index >= 15 is 0 Å². The van der Waals surface area contributed by atoms with Crippen LogP contribution in [-0.4, -0.2) is 25.2 Å². The molecule has 2 unspecified atom stereocenters. The Hall–Kier alpha value is -1.06. The molecule has 1 fully saturated rings. The summed E-state index contributed by atoms with van der Waals surface area (Å²) in [4.78, 5) is 25.6. The van der Waals surface area contributed by atoms with E-state index < -0.39 is 0 Å². The Kier molecular flexibility index (Phi) is 27.8. The van der Waals surface area contributed by atoms with Crippen LogP contribution in [0.2, 0.25) is 0 Å². The van der Waals surface area contributed by atoms with E-state index in [-0.39, 0.29) is 23.8 Å². The Balaban J connectivity index is 1.99. The highest BCUT2D eigenvalue weighted by Crippen LogP contribution is 2.32. The highest BCUT2D eigenvalue weighted by molar-refractivity contribution is 5.82. The van der Waals surface area contributed by atoms with Gasteiger partial charge < -0.3 is 9.47 Å². The van der Waals surface area contributed by atoms with Gasteiger partial charge in [0.2, 0.25) is 0 Å². The van der Waals surface area contributed by atoms with Gasteiger partial charge in [-0.05, 0) is 25.7 Å². The number of hydrogen-bond acceptors (Lipinski definition) is 4. The third-order valence-corrected chi connectivity index (χ3v) is 9.36. The molecular weight excluding hydrogens is 520 g/mol. The van der Waals surface area contributed by atoms with Crippen molar-refractivity contribution in [2.45, 2.75) is 206 Å². The Morgan fingerprint density at radius 3 is 0.905 bits per heavy atom. The van der Waals surface area contributed by atoms with Crippen LogP contribution in [0.1, 0.15) is 206 Å². The average molecular weight is 593 g/mol. The second kappa shape index (κ2) is 30.0. The van der Waals surface area contributed by atoms with Crippen LogP contribution < -0.4 is 0 Å². The zero-order valence-corrected chi connectivity index (χ0v) is 28.4. The molecule has 4 nitrogen and oxygen atoms in total. The molecule has 0 aromatic carbocycles. The lowest BCUT2D eigenvalue weighted by molar-refractivity contribution is -0.163. The van der Waals surface area contributed by atoms with Crippen LogP contribution in [-0.2, 0) is 19.1 Å². The highest BCUT2D eigenvalue weighted by atomic mass is 16.5. The third-order valence-electron chi connectivity index (χ3n) is 9.36. The second-order valence-electron chi connectivity index (χ2n) is 13.3. The van der Waals surface area contributed by atoms with Crippen molar-refractivity contribution in [1.82, 2.24) is 0 Å². The average Bonchev–Trinajstić information content (AvgIpc) is 3.01. The van der Waals surface area contributed by atoms with Gasteiger partial charge in [0, 0.05) is 0 Å². The smallest absolute Gasteiger partial charge is 0.309 e. The van der Waals surface area contributed by atoms with Crippen molar-refractivity contribution in [3.63, 3.8) is 0 Å². The van der Waals surface area contributed by atoms with Gasteiger partial charge in [-0.15, -0.1) is 0 Å². The van der Waals surface area contributed by atoms with Gasteiger partial charge in [-0.1, -0.05) is 181 Å². The second-order valence-corrected chi connectivity index (χ2v) is 13.3. The van der Waals surface area contributed by atoms with Crippen molar-refractivity contribution < 1.29 is 19.1 Å². The lowest BCUT2D eigenvalue weighted by Gasteiger charge is -2.28. The number of hydrogen-bond donors (Lipinski definition) is 0. The first-order valence-electron chi connectivity index (χ1n) is 19.0. The molecule has 2 atom stereocenters. The third kappa shape index (κ3) is 22.5. The largest absolute Gasteiger partial charge is 0.465 e. The van der Waals surface area contributed by atoms with Crippen molar-refractivity contribution in [2.75, 3.05) is 13.2 Å². The van der Waals surface area contributed by atoms with Crippen molar-refractivity contribution in [3.05, 3.63) is 0 Å². The summed E-state index contributed by atoms with van der Waals surface area (Å²) < 4.78 is 11.3. The molecule has 248 valence electrons. The fourth-order valence-electron chi connectivity index (χ4n) is 6.49. The van der Waals surface area contributed by atoms with Gasteiger partial charge in [-0.3, -0.25) is 9.59 Å². The van der Waals surface area contributed by atoms with Gasteiger partial charge in [0.1, 0.15) is 0 Å². The standard InChI is InChI=1S/C38H72O4/c1-3-5-7-9-11-13-15-16-17-18-19-20-22-24-26-30-34-42-38(40)36-32-28-27-31-35(36)37(39)41-33-29-25-23-21-14-12-10-8-6-4-2/h35-36H,3-34H2,1-2H3. The van der Waals surface area contributed by atoms with Gasteiger partial charge in [-0.2, -0.15) is 0 Å². The molecule has 4 heteroatoms. The molecule has 0 amide bonds. The number of rotatable bonds is 30. The number of esters is 2. The molecule has 0 heterocycles. The number of unbranched alkanes of at least 4 members (excludes halogenated alkanes) is 24. The first-order chi connectivity index (χ1) is 20.7. The van der Waals surface area contributed by atoms with Crippen LogP contribution in [0.15, 0.2) is 0 Å². The van der Waals surface area contributed by atoms with E-state index in [4.69, 9.17) is 9.47 Å². The maximum absolute atomic E-state index is 12.8. The van der Waals surface area contributed by atoms with Gasteiger partial charge in [0.15, 0.2) is 0 Å². The minimum Gasteiger partial charge on any atom is -0.465 e. The molecule has 1 saturated carbocycles. The van der Waals surface area contributed by atoms with Gasteiger partial charge >= 0.3 is 11.9 Å². The normalized spacial score (nSPS) is 16.9. The maximum Gasteiger partial charge on any atom is 0.309 e. The van der Waals surface area contributed by atoms with E-state index in [0.717, 1.165) is 51.4 Å². The van der Waals surface area contributed by atoms with Crippen molar-refractivity contribution in [1.29, 1.82) is 0 Å². The van der Waals surface area contributed by atoms with E-state index in [9.17, 15) is 9.59 Å². The molecule has 0 aliphatic heterocycles. The van der Waals surface area contributed by atoms with E-state index in [1.807, 2.05) is 0 Å². The predicted molar refractivity (Wildman–Crippen MR) is 179 cm³/mol. The molecule has 0 radical (unpaired) electrons. The highest BCUT2D eigenvalue weighted by Gasteiger charge is 2.37. The zero-order chi connectivity index (χ0) is 30.4. The first kappa shape index (κ1) is 39.0. The fraction of sp³-hybridized carbons (Fsp3) is 0.947. The van der Waals surface area contributed by atoms with E-state index in [2.05, 4.69) is 13.8 Å². The Morgan fingerprint density at radius 2 is 0.643 bits per heavy atom. The summed E-state index contributed by atoms with van der Waals surface area (Å²) in [6.45, 7) is 5.53. The molecule has 0 bridgehead atoms. The van der Waals surface area contributed by atoms with Gasteiger partial charge in [-0.25, -0.2) is 0 Å². The number of carbonyl (C=O) groups excluding carboxylic acids is 2. The summed E-state index contributed by atoms with van der Waals surface area (Å²) in [6.07, 6.45) is 37.6. The molecule has 1 rings (SSSR count). The molecule has 0 aromatic rings. The van der Waals surface area contributed by atoms with Crippen molar-refractivity contribution in [3.8, 4) is 0 Å². The Morgan fingerprint density at radius 1 is 0.405 bits per heavy atom. The molecule has 1 aliphatic carbocycles. The van der Waals surface area contributed by atoms with Crippen LogP contribution in [0.5, 0.6) is 0 Å².